The molecule has 1 saturated heterocycles. The van der Waals surface area contributed by atoms with Gasteiger partial charge < -0.3 is 10.1 Å². The van der Waals surface area contributed by atoms with Gasteiger partial charge in [0.1, 0.15) is 0 Å². The van der Waals surface area contributed by atoms with E-state index in [2.05, 4.69) is 19.2 Å². The van der Waals surface area contributed by atoms with Crippen molar-refractivity contribution in [3.8, 4) is 6.19 Å². The van der Waals surface area contributed by atoms with Gasteiger partial charge in [-0.3, -0.25) is 0 Å². The molecule has 0 radical (unpaired) electrons. The fraction of sp³-hybridized carbons (Fsp3) is 0.900. The molecule has 1 rings (SSSR count). The second kappa shape index (κ2) is 4.48. The van der Waals surface area contributed by atoms with Gasteiger partial charge in [0, 0.05) is 12.6 Å². The largest absolute Gasteiger partial charge is 0.375 e. The standard InChI is InChI=1S/C10H18N2O/c1-3-10(4-2)7-9(12-8-11)5-6-13-10/h9,12H,3-7H2,1-2H3. The van der Waals surface area contributed by atoms with Crippen LogP contribution in [0.1, 0.15) is 39.5 Å². The molecule has 0 aliphatic carbocycles. The fourth-order valence-corrected chi connectivity index (χ4v) is 1.99. The predicted octanol–water partition coefficient (Wildman–Crippen LogP) is 1.79. The van der Waals surface area contributed by atoms with Crippen molar-refractivity contribution in [1.82, 2.24) is 5.32 Å². The van der Waals surface area contributed by atoms with Crippen LogP contribution in [0.3, 0.4) is 0 Å². The molecule has 1 fully saturated rings. The number of ether oxygens (including phenoxy) is 1. The highest BCUT2D eigenvalue weighted by Crippen LogP contribution is 2.31. The van der Waals surface area contributed by atoms with E-state index in [1.54, 1.807) is 0 Å². The van der Waals surface area contributed by atoms with E-state index >= 15 is 0 Å². The molecule has 0 amide bonds. The van der Waals surface area contributed by atoms with Crippen molar-refractivity contribution in [3.63, 3.8) is 0 Å². The molecular weight excluding hydrogens is 164 g/mol. The maximum absolute atomic E-state index is 8.53. The lowest BCUT2D eigenvalue weighted by Crippen LogP contribution is -2.45. The van der Waals surface area contributed by atoms with Gasteiger partial charge in [-0.25, -0.2) is 0 Å². The first kappa shape index (κ1) is 10.3. The van der Waals surface area contributed by atoms with Crippen molar-refractivity contribution < 1.29 is 4.74 Å². The number of nitriles is 1. The molecule has 1 unspecified atom stereocenters. The van der Waals surface area contributed by atoms with Crippen LogP contribution in [-0.4, -0.2) is 18.2 Å². The topological polar surface area (TPSA) is 45.0 Å². The highest BCUT2D eigenvalue weighted by molar-refractivity contribution is 4.90. The number of nitrogens with one attached hydrogen (secondary N) is 1. The summed E-state index contributed by atoms with van der Waals surface area (Å²) in [5.41, 5.74) is 0.0206. The number of rotatable bonds is 3. The summed E-state index contributed by atoms with van der Waals surface area (Å²) in [7, 11) is 0. The van der Waals surface area contributed by atoms with Gasteiger partial charge in [-0.2, -0.15) is 5.26 Å². The molecule has 0 aromatic heterocycles. The Balaban J connectivity index is 2.54. The van der Waals surface area contributed by atoms with Crippen molar-refractivity contribution in [3.05, 3.63) is 0 Å². The normalized spacial score (nSPS) is 26.4. The van der Waals surface area contributed by atoms with E-state index < -0.39 is 0 Å². The van der Waals surface area contributed by atoms with E-state index in [0.717, 1.165) is 32.3 Å². The average Bonchev–Trinajstić information content (AvgIpc) is 2.19. The maximum atomic E-state index is 8.53. The minimum atomic E-state index is 0.0206. The predicted molar refractivity (Wildman–Crippen MR) is 51.0 cm³/mol. The van der Waals surface area contributed by atoms with Crippen molar-refractivity contribution in [2.75, 3.05) is 6.61 Å². The zero-order chi connectivity index (χ0) is 9.73. The van der Waals surface area contributed by atoms with Gasteiger partial charge >= 0.3 is 0 Å². The van der Waals surface area contributed by atoms with Crippen LogP contribution in [0.15, 0.2) is 0 Å². The van der Waals surface area contributed by atoms with E-state index in [-0.39, 0.29) is 5.60 Å². The molecule has 0 bridgehead atoms. The summed E-state index contributed by atoms with van der Waals surface area (Å²) in [5, 5.41) is 11.4. The summed E-state index contributed by atoms with van der Waals surface area (Å²) in [6.45, 7) is 5.08. The van der Waals surface area contributed by atoms with E-state index in [4.69, 9.17) is 10.00 Å². The highest BCUT2D eigenvalue weighted by Gasteiger charge is 2.34. The lowest BCUT2D eigenvalue weighted by molar-refractivity contribution is -0.0913. The summed E-state index contributed by atoms with van der Waals surface area (Å²) in [6, 6.07) is 0.318. The van der Waals surface area contributed by atoms with Crippen molar-refractivity contribution in [1.29, 1.82) is 5.26 Å². The minimum absolute atomic E-state index is 0.0206. The summed E-state index contributed by atoms with van der Waals surface area (Å²) in [6.07, 6.45) is 6.01. The van der Waals surface area contributed by atoms with Gasteiger partial charge in [0.05, 0.1) is 5.60 Å². The first-order chi connectivity index (χ1) is 6.26. The quantitative estimate of drug-likeness (QED) is 0.534. The number of hydrogen-bond donors (Lipinski definition) is 1. The van der Waals surface area contributed by atoms with Crippen LogP contribution in [0.2, 0.25) is 0 Å². The first-order valence-electron chi connectivity index (χ1n) is 5.05. The van der Waals surface area contributed by atoms with Crippen molar-refractivity contribution in [2.45, 2.75) is 51.2 Å². The molecule has 1 aliphatic heterocycles. The molecule has 1 heterocycles. The van der Waals surface area contributed by atoms with Crippen molar-refractivity contribution in [2.24, 2.45) is 0 Å². The Morgan fingerprint density at radius 3 is 2.77 bits per heavy atom. The first-order valence-corrected chi connectivity index (χ1v) is 5.05. The Morgan fingerprint density at radius 1 is 1.54 bits per heavy atom. The lowest BCUT2D eigenvalue weighted by atomic mass is 9.86. The molecule has 3 nitrogen and oxygen atoms in total. The molecule has 0 aromatic carbocycles. The third kappa shape index (κ3) is 2.35. The van der Waals surface area contributed by atoms with Gasteiger partial charge in [0.15, 0.2) is 6.19 Å². The summed E-state index contributed by atoms with van der Waals surface area (Å²) in [5.74, 6) is 0. The third-order valence-corrected chi connectivity index (χ3v) is 3.05. The summed E-state index contributed by atoms with van der Waals surface area (Å²) in [4.78, 5) is 0. The Hall–Kier alpha value is -0.750. The second-order valence-corrected chi connectivity index (χ2v) is 3.68. The van der Waals surface area contributed by atoms with Crippen molar-refractivity contribution >= 4 is 0 Å². The Kier molecular flexibility index (Phi) is 3.56. The average molecular weight is 182 g/mol. The van der Waals surface area contributed by atoms with E-state index in [0.29, 0.717) is 6.04 Å². The lowest BCUT2D eigenvalue weighted by Gasteiger charge is -2.39. The van der Waals surface area contributed by atoms with Crippen LogP contribution < -0.4 is 5.32 Å². The summed E-state index contributed by atoms with van der Waals surface area (Å²) < 4.78 is 5.79. The third-order valence-electron chi connectivity index (χ3n) is 3.05. The Bertz CT molecular complexity index is 194. The van der Waals surface area contributed by atoms with Gasteiger partial charge in [-0.05, 0) is 25.7 Å². The van der Waals surface area contributed by atoms with E-state index in [9.17, 15) is 0 Å². The smallest absolute Gasteiger partial charge is 0.176 e. The Morgan fingerprint density at radius 2 is 2.23 bits per heavy atom. The SMILES string of the molecule is CCC1(CC)CC(NC#N)CCO1. The van der Waals surface area contributed by atoms with Crippen LogP contribution in [-0.2, 0) is 4.74 Å². The number of nitrogens with zero attached hydrogens (tertiary/aromatic N) is 1. The molecular formula is C10H18N2O. The molecule has 1 N–H and O–H groups in total. The maximum Gasteiger partial charge on any atom is 0.176 e. The molecule has 3 heteroatoms. The van der Waals surface area contributed by atoms with Gasteiger partial charge in [-0.15, -0.1) is 0 Å². The molecule has 1 atom stereocenters. The summed E-state index contributed by atoms with van der Waals surface area (Å²) >= 11 is 0. The fourth-order valence-electron chi connectivity index (χ4n) is 1.99. The monoisotopic (exact) mass is 182 g/mol. The molecule has 1 aliphatic rings. The van der Waals surface area contributed by atoms with E-state index in [1.165, 1.54) is 0 Å². The molecule has 13 heavy (non-hydrogen) atoms. The van der Waals surface area contributed by atoms with E-state index in [1.807, 2.05) is 6.19 Å². The van der Waals surface area contributed by atoms with Crippen LogP contribution in [0.5, 0.6) is 0 Å². The van der Waals surface area contributed by atoms with Crippen LogP contribution >= 0.6 is 0 Å². The van der Waals surface area contributed by atoms with Gasteiger partial charge in [0.2, 0.25) is 0 Å². The van der Waals surface area contributed by atoms with Crippen LogP contribution in [0.25, 0.3) is 0 Å². The molecule has 0 aromatic rings. The van der Waals surface area contributed by atoms with Crippen LogP contribution in [0, 0.1) is 11.5 Å². The second-order valence-electron chi connectivity index (χ2n) is 3.68. The zero-order valence-electron chi connectivity index (χ0n) is 8.47. The minimum Gasteiger partial charge on any atom is -0.375 e. The number of hydrogen-bond acceptors (Lipinski definition) is 3. The van der Waals surface area contributed by atoms with Crippen LogP contribution in [0.4, 0.5) is 0 Å². The zero-order valence-corrected chi connectivity index (χ0v) is 8.47. The molecule has 74 valence electrons. The molecule has 0 saturated carbocycles. The Labute approximate surface area is 80.1 Å². The van der Waals surface area contributed by atoms with Gasteiger partial charge in [0.25, 0.3) is 0 Å². The molecule has 0 spiro atoms. The highest BCUT2D eigenvalue weighted by atomic mass is 16.5. The van der Waals surface area contributed by atoms with Gasteiger partial charge in [-0.1, -0.05) is 13.8 Å².